The first-order valence-electron chi connectivity index (χ1n) is 7.06. The summed E-state index contributed by atoms with van der Waals surface area (Å²) < 4.78 is 2.19. The molecular formula is C14H18N6S. The van der Waals surface area contributed by atoms with Gasteiger partial charge in [-0.15, -0.1) is 10.2 Å². The van der Waals surface area contributed by atoms with Gasteiger partial charge in [0, 0.05) is 24.2 Å². The Hall–Kier alpha value is -1.89. The van der Waals surface area contributed by atoms with E-state index in [-0.39, 0.29) is 5.84 Å². The van der Waals surface area contributed by atoms with Gasteiger partial charge in [-0.1, -0.05) is 6.42 Å². The molecule has 0 fully saturated rings. The second-order valence-electron chi connectivity index (χ2n) is 5.21. The van der Waals surface area contributed by atoms with E-state index in [0.717, 1.165) is 34.7 Å². The fraction of sp³-hybridized carbons (Fsp3) is 0.429. The Kier molecular flexibility index (Phi) is 3.92. The second-order valence-corrected chi connectivity index (χ2v) is 6.20. The lowest BCUT2D eigenvalue weighted by Gasteiger charge is -2.07. The van der Waals surface area contributed by atoms with Crippen LogP contribution in [0, 0.1) is 12.3 Å². The molecule has 6 nitrogen and oxygen atoms in total. The maximum Gasteiger partial charge on any atom is 0.197 e. The van der Waals surface area contributed by atoms with Crippen molar-refractivity contribution in [3.05, 3.63) is 29.2 Å². The molecule has 1 aliphatic rings. The summed E-state index contributed by atoms with van der Waals surface area (Å²) in [7, 11) is 0. The summed E-state index contributed by atoms with van der Waals surface area (Å²) in [4.78, 5) is 4.49. The molecule has 2 aromatic heterocycles. The molecule has 0 aromatic carbocycles. The van der Waals surface area contributed by atoms with Gasteiger partial charge in [0.05, 0.1) is 0 Å². The number of nitrogens with zero attached hydrogens (tertiary/aromatic N) is 4. The van der Waals surface area contributed by atoms with Crippen molar-refractivity contribution in [1.82, 2.24) is 19.7 Å². The number of hydrogen-bond acceptors (Lipinski definition) is 5. The van der Waals surface area contributed by atoms with Crippen LogP contribution in [0.3, 0.4) is 0 Å². The molecule has 110 valence electrons. The lowest BCUT2D eigenvalue weighted by atomic mass is 10.2. The van der Waals surface area contributed by atoms with Crippen LogP contribution in [-0.4, -0.2) is 25.6 Å². The third-order valence-corrected chi connectivity index (χ3v) is 4.42. The molecule has 0 radical (unpaired) electrons. The van der Waals surface area contributed by atoms with Crippen molar-refractivity contribution in [2.45, 2.75) is 49.3 Å². The van der Waals surface area contributed by atoms with E-state index in [4.69, 9.17) is 11.1 Å². The molecule has 0 saturated carbocycles. The van der Waals surface area contributed by atoms with Crippen LogP contribution >= 0.6 is 11.8 Å². The SMILES string of the molecule is Cc1cc(C(=N)N)cc(Sc2nnc3n2CCCCC3)n1. The van der Waals surface area contributed by atoms with Gasteiger partial charge in [0.15, 0.2) is 5.16 Å². The molecule has 21 heavy (non-hydrogen) atoms. The Morgan fingerprint density at radius 2 is 2.14 bits per heavy atom. The zero-order chi connectivity index (χ0) is 14.8. The van der Waals surface area contributed by atoms with Gasteiger partial charge < -0.3 is 10.3 Å². The maximum absolute atomic E-state index is 7.57. The lowest BCUT2D eigenvalue weighted by Crippen LogP contribution is -2.11. The van der Waals surface area contributed by atoms with Crippen LogP contribution in [0.4, 0.5) is 0 Å². The second kappa shape index (κ2) is 5.85. The van der Waals surface area contributed by atoms with Crippen molar-refractivity contribution in [3.63, 3.8) is 0 Å². The van der Waals surface area contributed by atoms with Crippen molar-refractivity contribution < 1.29 is 0 Å². The number of nitrogen functional groups attached to an aromatic ring is 1. The quantitative estimate of drug-likeness (QED) is 0.669. The molecule has 3 heterocycles. The van der Waals surface area contributed by atoms with Crippen molar-refractivity contribution >= 4 is 17.6 Å². The Bertz CT molecular complexity index is 678. The standard InChI is InChI=1S/C14H18N6S/c1-9-7-10(13(15)16)8-12(17-9)21-14-19-18-11-5-3-2-4-6-20(11)14/h7-8H,2-6H2,1H3,(H3,15,16). The molecule has 0 bridgehead atoms. The fourth-order valence-electron chi connectivity index (χ4n) is 2.47. The van der Waals surface area contributed by atoms with Gasteiger partial charge in [0.25, 0.3) is 0 Å². The van der Waals surface area contributed by atoms with E-state index >= 15 is 0 Å². The van der Waals surface area contributed by atoms with Gasteiger partial charge in [-0.25, -0.2) is 4.98 Å². The summed E-state index contributed by atoms with van der Waals surface area (Å²) in [6.07, 6.45) is 4.58. The van der Waals surface area contributed by atoms with Crippen LogP contribution in [0.2, 0.25) is 0 Å². The van der Waals surface area contributed by atoms with Gasteiger partial charge in [0.2, 0.25) is 0 Å². The first-order chi connectivity index (χ1) is 10.1. The molecule has 2 aromatic rings. The molecule has 0 aliphatic carbocycles. The van der Waals surface area contributed by atoms with Crippen molar-refractivity contribution in [3.8, 4) is 0 Å². The van der Waals surface area contributed by atoms with Crippen molar-refractivity contribution in [1.29, 1.82) is 5.41 Å². The van der Waals surface area contributed by atoms with E-state index in [1.54, 1.807) is 0 Å². The summed E-state index contributed by atoms with van der Waals surface area (Å²) >= 11 is 1.49. The first-order valence-corrected chi connectivity index (χ1v) is 7.88. The smallest absolute Gasteiger partial charge is 0.197 e. The Labute approximate surface area is 127 Å². The number of rotatable bonds is 3. The highest BCUT2D eigenvalue weighted by molar-refractivity contribution is 7.99. The number of pyridine rings is 1. The summed E-state index contributed by atoms with van der Waals surface area (Å²) in [6, 6.07) is 3.65. The third kappa shape index (κ3) is 3.07. The largest absolute Gasteiger partial charge is 0.384 e. The highest BCUT2D eigenvalue weighted by Crippen LogP contribution is 2.28. The summed E-state index contributed by atoms with van der Waals surface area (Å²) in [6.45, 7) is 2.87. The predicted molar refractivity (Wildman–Crippen MR) is 81.7 cm³/mol. The minimum atomic E-state index is 0.0578. The van der Waals surface area contributed by atoms with Crippen LogP contribution in [-0.2, 0) is 13.0 Å². The Morgan fingerprint density at radius 1 is 1.29 bits per heavy atom. The average molecular weight is 302 g/mol. The van der Waals surface area contributed by atoms with Gasteiger partial charge in [0.1, 0.15) is 16.7 Å². The molecule has 0 spiro atoms. The highest BCUT2D eigenvalue weighted by Gasteiger charge is 2.16. The normalized spacial score (nSPS) is 14.5. The van der Waals surface area contributed by atoms with Crippen LogP contribution in [0.1, 0.15) is 36.3 Å². The summed E-state index contributed by atoms with van der Waals surface area (Å²) in [5.74, 6) is 1.12. The summed E-state index contributed by atoms with van der Waals surface area (Å²) in [5.41, 5.74) is 7.11. The van der Waals surface area contributed by atoms with Crippen molar-refractivity contribution in [2.24, 2.45) is 5.73 Å². The minimum absolute atomic E-state index is 0.0578. The molecule has 0 saturated heterocycles. The van der Waals surface area contributed by atoms with Crippen LogP contribution in [0.5, 0.6) is 0 Å². The molecule has 0 amide bonds. The Balaban J connectivity index is 1.90. The van der Waals surface area contributed by atoms with Crippen molar-refractivity contribution in [2.75, 3.05) is 0 Å². The van der Waals surface area contributed by atoms with Gasteiger partial charge in [-0.3, -0.25) is 5.41 Å². The maximum atomic E-state index is 7.57. The molecule has 0 unspecified atom stereocenters. The molecule has 0 atom stereocenters. The lowest BCUT2D eigenvalue weighted by molar-refractivity contribution is 0.590. The number of fused-ring (bicyclic) bond motifs is 1. The van der Waals surface area contributed by atoms with E-state index in [0.29, 0.717) is 5.56 Å². The predicted octanol–water partition coefficient (Wildman–Crippen LogP) is 2.14. The fourth-order valence-corrected chi connectivity index (χ4v) is 3.42. The van der Waals surface area contributed by atoms with Crippen LogP contribution < -0.4 is 5.73 Å². The van der Waals surface area contributed by atoms with Gasteiger partial charge in [-0.05, 0) is 43.7 Å². The monoisotopic (exact) mass is 302 g/mol. The molecule has 3 rings (SSSR count). The summed E-state index contributed by atoms with van der Waals surface area (Å²) in [5, 5.41) is 17.8. The molecule has 1 aliphatic heterocycles. The number of nitrogens with one attached hydrogen (secondary N) is 1. The zero-order valence-corrected chi connectivity index (χ0v) is 12.8. The first kappa shape index (κ1) is 14.1. The third-order valence-electron chi connectivity index (χ3n) is 3.51. The molecule has 3 N–H and O–H groups in total. The van der Waals surface area contributed by atoms with Gasteiger partial charge >= 0.3 is 0 Å². The van der Waals surface area contributed by atoms with E-state index in [1.807, 2.05) is 19.1 Å². The van der Waals surface area contributed by atoms with Gasteiger partial charge in [-0.2, -0.15) is 0 Å². The van der Waals surface area contributed by atoms with Crippen LogP contribution in [0.25, 0.3) is 0 Å². The minimum Gasteiger partial charge on any atom is -0.384 e. The number of aromatic nitrogens is 4. The number of aryl methyl sites for hydroxylation is 2. The molecular weight excluding hydrogens is 284 g/mol. The molecule has 7 heteroatoms. The van der Waals surface area contributed by atoms with E-state index in [2.05, 4.69) is 19.7 Å². The highest BCUT2D eigenvalue weighted by atomic mass is 32.2. The zero-order valence-electron chi connectivity index (χ0n) is 12.0. The van der Waals surface area contributed by atoms with E-state index < -0.39 is 0 Å². The van der Waals surface area contributed by atoms with Crippen LogP contribution in [0.15, 0.2) is 22.3 Å². The topological polar surface area (TPSA) is 93.5 Å². The number of amidine groups is 1. The Morgan fingerprint density at radius 3 is 2.95 bits per heavy atom. The average Bonchev–Trinajstić information content (AvgIpc) is 2.68. The van der Waals surface area contributed by atoms with E-state index in [9.17, 15) is 0 Å². The number of hydrogen-bond donors (Lipinski definition) is 2. The van der Waals surface area contributed by atoms with E-state index in [1.165, 1.54) is 31.0 Å². The number of nitrogens with two attached hydrogens (primary N) is 1.